The zero-order valence-electron chi connectivity index (χ0n) is 6.56. The standard InChI is InChI=1S/C10H9Cl2/c11-9-5-4-8(6-10(9)12)7-2-1-3-7/h2,4-7H,1,3H2. The van der Waals surface area contributed by atoms with Crippen molar-refractivity contribution in [3.63, 3.8) is 0 Å². The van der Waals surface area contributed by atoms with Crippen LogP contribution in [0.15, 0.2) is 18.2 Å². The smallest absolute Gasteiger partial charge is 0.0595 e. The van der Waals surface area contributed by atoms with Crippen LogP contribution in [0.2, 0.25) is 10.0 Å². The van der Waals surface area contributed by atoms with E-state index in [0.29, 0.717) is 16.0 Å². The third kappa shape index (κ3) is 1.46. The molecule has 0 saturated heterocycles. The second-order valence-electron chi connectivity index (χ2n) is 3.09. The number of hydrogen-bond donors (Lipinski definition) is 0. The van der Waals surface area contributed by atoms with Gasteiger partial charge in [-0.05, 0) is 42.9 Å². The molecular formula is C10H9Cl2. The summed E-state index contributed by atoms with van der Waals surface area (Å²) in [4.78, 5) is 0. The van der Waals surface area contributed by atoms with Crippen molar-refractivity contribution in [1.82, 2.24) is 0 Å². The normalized spacial score (nSPS) is 17.5. The van der Waals surface area contributed by atoms with Crippen molar-refractivity contribution in [3.05, 3.63) is 40.2 Å². The summed E-state index contributed by atoms with van der Waals surface area (Å²) < 4.78 is 0. The third-order valence-corrected chi connectivity index (χ3v) is 3.04. The molecule has 0 aromatic heterocycles. The van der Waals surface area contributed by atoms with E-state index in [1.807, 2.05) is 12.1 Å². The Morgan fingerprint density at radius 3 is 2.42 bits per heavy atom. The summed E-state index contributed by atoms with van der Waals surface area (Å²) in [6, 6.07) is 5.88. The summed E-state index contributed by atoms with van der Waals surface area (Å²) in [7, 11) is 0. The molecule has 1 radical (unpaired) electrons. The average Bonchev–Trinajstić information content (AvgIpc) is 1.93. The molecule has 0 nitrogen and oxygen atoms in total. The third-order valence-electron chi connectivity index (χ3n) is 2.30. The topological polar surface area (TPSA) is 0 Å². The first-order chi connectivity index (χ1) is 5.77. The lowest BCUT2D eigenvalue weighted by Gasteiger charge is -2.25. The summed E-state index contributed by atoms with van der Waals surface area (Å²) in [6.45, 7) is 0. The monoisotopic (exact) mass is 199 g/mol. The molecule has 0 N–H and O–H groups in total. The fourth-order valence-corrected chi connectivity index (χ4v) is 1.69. The minimum absolute atomic E-state index is 0.611. The van der Waals surface area contributed by atoms with Gasteiger partial charge in [-0.3, -0.25) is 0 Å². The van der Waals surface area contributed by atoms with Crippen molar-refractivity contribution in [2.75, 3.05) is 0 Å². The molecule has 1 aromatic rings. The highest BCUT2D eigenvalue weighted by Crippen LogP contribution is 2.37. The zero-order chi connectivity index (χ0) is 8.55. The Balaban J connectivity index is 2.27. The number of hydrogen-bond acceptors (Lipinski definition) is 0. The minimum atomic E-state index is 0.611. The molecule has 2 rings (SSSR count). The van der Waals surface area contributed by atoms with Crippen LogP contribution in [-0.2, 0) is 0 Å². The lowest BCUT2D eigenvalue weighted by atomic mass is 9.80. The van der Waals surface area contributed by atoms with Crippen molar-refractivity contribution in [2.45, 2.75) is 18.8 Å². The molecule has 0 amide bonds. The highest BCUT2D eigenvalue weighted by atomic mass is 35.5. The van der Waals surface area contributed by atoms with Crippen molar-refractivity contribution in [3.8, 4) is 0 Å². The van der Waals surface area contributed by atoms with Crippen LogP contribution in [0.1, 0.15) is 24.3 Å². The van der Waals surface area contributed by atoms with Crippen molar-refractivity contribution >= 4 is 23.2 Å². The van der Waals surface area contributed by atoms with E-state index >= 15 is 0 Å². The predicted octanol–water partition coefficient (Wildman–Crippen LogP) is 4.08. The van der Waals surface area contributed by atoms with Crippen LogP contribution >= 0.6 is 23.2 Å². The lowest BCUT2D eigenvalue weighted by Crippen LogP contribution is -2.09. The second-order valence-corrected chi connectivity index (χ2v) is 3.91. The van der Waals surface area contributed by atoms with Crippen LogP contribution < -0.4 is 0 Å². The van der Waals surface area contributed by atoms with Crippen molar-refractivity contribution < 1.29 is 0 Å². The van der Waals surface area contributed by atoms with Gasteiger partial charge in [-0.2, -0.15) is 0 Å². The van der Waals surface area contributed by atoms with Gasteiger partial charge < -0.3 is 0 Å². The molecule has 1 fully saturated rings. The largest absolute Gasteiger partial charge is 0.0827 e. The van der Waals surface area contributed by atoms with Crippen molar-refractivity contribution in [1.29, 1.82) is 0 Å². The molecule has 63 valence electrons. The van der Waals surface area contributed by atoms with E-state index < -0.39 is 0 Å². The molecule has 0 heterocycles. The molecular weight excluding hydrogens is 191 g/mol. The summed E-state index contributed by atoms with van der Waals surface area (Å²) in [5, 5.41) is 1.30. The van der Waals surface area contributed by atoms with Crippen LogP contribution in [-0.4, -0.2) is 0 Å². The minimum Gasteiger partial charge on any atom is -0.0827 e. The van der Waals surface area contributed by atoms with Gasteiger partial charge in [0, 0.05) is 0 Å². The van der Waals surface area contributed by atoms with Gasteiger partial charge in [0.2, 0.25) is 0 Å². The van der Waals surface area contributed by atoms with Gasteiger partial charge in [0.25, 0.3) is 0 Å². The van der Waals surface area contributed by atoms with Gasteiger partial charge in [0.15, 0.2) is 0 Å². The van der Waals surface area contributed by atoms with E-state index in [0.717, 1.165) is 0 Å². The summed E-state index contributed by atoms with van der Waals surface area (Å²) in [6.07, 6.45) is 4.78. The van der Waals surface area contributed by atoms with E-state index in [1.165, 1.54) is 18.4 Å². The Kier molecular flexibility index (Phi) is 2.29. The quantitative estimate of drug-likeness (QED) is 0.640. The summed E-state index contributed by atoms with van der Waals surface area (Å²) >= 11 is 11.7. The van der Waals surface area contributed by atoms with Crippen LogP contribution in [0, 0.1) is 6.42 Å². The van der Waals surface area contributed by atoms with Crippen LogP contribution in [0.3, 0.4) is 0 Å². The maximum atomic E-state index is 5.89. The molecule has 1 aliphatic carbocycles. The fourth-order valence-electron chi connectivity index (χ4n) is 1.38. The van der Waals surface area contributed by atoms with Gasteiger partial charge in [-0.1, -0.05) is 29.3 Å². The molecule has 0 aliphatic heterocycles. The maximum absolute atomic E-state index is 5.89. The van der Waals surface area contributed by atoms with Gasteiger partial charge in [-0.25, -0.2) is 0 Å². The Morgan fingerprint density at radius 1 is 1.17 bits per heavy atom. The lowest BCUT2D eigenvalue weighted by molar-refractivity contribution is 0.553. The first-order valence-electron chi connectivity index (χ1n) is 4.05. The van der Waals surface area contributed by atoms with Crippen molar-refractivity contribution in [2.24, 2.45) is 0 Å². The average molecular weight is 200 g/mol. The molecule has 1 atom stereocenters. The summed E-state index contributed by atoms with van der Waals surface area (Å²) in [5.74, 6) is 0.611. The van der Waals surface area contributed by atoms with E-state index in [1.54, 1.807) is 0 Å². The van der Waals surface area contributed by atoms with Gasteiger partial charge in [0.1, 0.15) is 0 Å². The number of benzene rings is 1. The highest BCUT2D eigenvalue weighted by molar-refractivity contribution is 6.42. The van der Waals surface area contributed by atoms with Gasteiger partial charge in [0.05, 0.1) is 10.0 Å². The van der Waals surface area contributed by atoms with Crippen LogP contribution in [0.25, 0.3) is 0 Å². The first kappa shape index (κ1) is 8.40. The molecule has 0 bridgehead atoms. The number of rotatable bonds is 1. The SMILES string of the molecule is Clc1ccc(C2[CH]CC2)cc1Cl. The Labute approximate surface area is 82.5 Å². The van der Waals surface area contributed by atoms with E-state index in [4.69, 9.17) is 23.2 Å². The van der Waals surface area contributed by atoms with E-state index in [9.17, 15) is 0 Å². The number of halogens is 2. The first-order valence-corrected chi connectivity index (χ1v) is 4.81. The summed E-state index contributed by atoms with van der Waals surface area (Å²) in [5.41, 5.74) is 1.29. The highest BCUT2D eigenvalue weighted by Gasteiger charge is 2.19. The molecule has 2 heteroatoms. The molecule has 1 aliphatic rings. The molecule has 12 heavy (non-hydrogen) atoms. The second kappa shape index (κ2) is 3.27. The Bertz CT molecular complexity index is 290. The van der Waals surface area contributed by atoms with E-state index in [-0.39, 0.29) is 0 Å². The molecule has 1 saturated carbocycles. The zero-order valence-corrected chi connectivity index (χ0v) is 8.07. The Morgan fingerprint density at radius 2 is 1.92 bits per heavy atom. The molecule has 1 unspecified atom stereocenters. The van der Waals surface area contributed by atoms with Gasteiger partial charge >= 0.3 is 0 Å². The van der Waals surface area contributed by atoms with Gasteiger partial charge in [-0.15, -0.1) is 0 Å². The fraction of sp³-hybridized carbons (Fsp3) is 0.300. The predicted molar refractivity (Wildman–Crippen MR) is 52.7 cm³/mol. The maximum Gasteiger partial charge on any atom is 0.0595 e. The molecule has 1 aromatic carbocycles. The van der Waals surface area contributed by atoms with Crippen LogP contribution in [0.4, 0.5) is 0 Å². The van der Waals surface area contributed by atoms with Crippen LogP contribution in [0.5, 0.6) is 0 Å². The molecule has 0 spiro atoms. The Hall–Kier alpha value is -0.200. The van der Waals surface area contributed by atoms with E-state index in [2.05, 4.69) is 12.5 Å².